The first-order valence-electron chi connectivity index (χ1n) is 37.3. The summed E-state index contributed by atoms with van der Waals surface area (Å²) in [5, 5.41) is 21.8. The number of rotatable bonds is 17. The second-order valence-corrected chi connectivity index (χ2v) is 30.8. The number of anilines is 10. The Kier molecular flexibility index (Phi) is 50.1. The Morgan fingerprint density at radius 2 is 0.655 bits per heavy atom. The van der Waals surface area contributed by atoms with Gasteiger partial charge in [0.05, 0.1) is 48.5 Å². The maximum absolute atomic E-state index is 6.32. The van der Waals surface area contributed by atoms with Crippen molar-refractivity contribution in [2.24, 2.45) is 5.73 Å². The van der Waals surface area contributed by atoms with Crippen molar-refractivity contribution in [1.29, 1.82) is 0 Å². The van der Waals surface area contributed by atoms with Gasteiger partial charge in [0.1, 0.15) is 23.0 Å². The molecule has 13 rings (SSSR count). The lowest BCUT2D eigenvalue weighted by Gasteiger charge is -2.35. The molecule has 0 bridgehead atoms. The average Bonchev–Trinajstić information content (AvgIpc) is 0.882. The Balaban J connectivity index is 0.000000372. The summed E-state index contributed by atoms with van der Waals surface area (Å²) in [5.41, 5.74) is 14.1. The first kappa shape index (κ1) is 104. The number of nitrogen functional groups attached to an aromatic ring is 1. The van der Waals surface area contributed by atoms with Crippen molar-refractivity contribution < 1.29 is 18.9 Å². The van der Waals surface area contributed by atoms with Crippen LogP contribution in [-0.2, 0) is 0 Å². The molecule has 2 aliphatic heterocycles. The number of nitrogens with one attached hydrogen (secondary N) is 6. The van der Waals surface area contributed by atoms with Crippen molar-refractivity contribution in [3.05, 3.63) is 125 Å². The minimum Gasteiger partial charge on any atom is -0.495 e. The van der Waals surface area contributed by atoms with Crippen molar-refractivity contribution in [3.63, 3.8) is 0 Å². The highest BCUT2D eigenvalue weighted by Gasteiger charge is 2.25. The summed E-state index contributed by atoms with van der Waals surface area (Å²) in [6, 6.07) is 23.7. The fourth-order valence-corrected chi connectivity index (χ4v) is 14.6. The molecule has 2 saturated heterocycles. The Bertz CT molecular complexity index is 4030. The number of halogens is 10. The van der Waals surface area contributed by atoms with Gasteiger partial charge in [-0.3, -0.25) is 0 Å². The monoisotopic (exact) mass is 1800 g/mol. The summed E-state index contributed by atoms with van der Waals surface area (Å²) in [4.78, 5) is 55.8. The zero-order chi connectivity index (χ0) is 80.9. The van der Waals surface area contributed by atoms with E-state index in [1.165, 1.54) is 116 Å². The number of piperidine rings is 2. The van der Waals surface area contributed by atoms with E-state index >= 15 is 0 Å². The standard InChI is InChI=1S/C24H36ClN7O.C17H21Cl2N5O.C10H7Cl3N4O.C7H8ClNO.C7H16N2.C7H15N.C3Cl3N3.4CH4/c1-31-14-12-19(13-15-31)32(2)24-29-22(26-17-8-6-4-5-7-9-17)28-23(30-24)27-18-10-11-21(33-3)20(25)16-18;1-25-14-9-8-12(10-13(14)18)21-17-23-15(19)22-16(24-17)20-11-6-4-2-3-5-7-11;1-18-7-3-2-5(4-6(7)11)14-10-16-8(12)15-9(13)17-10;1-10-7-3-2-5(9)4-6(7)8;1-8-7-3-5-9(2)6-4-7;8-7-5-3-1-2-4-6-7;4-1-7-2(5)9-3(6)8-1;;;;/h10-11,16-17,19H,4-9,12-15H2,1-3H3,(H2,26,27,28,29,30);8-11H,2-7H2,1H3,(H2,20,21,22,23,24);2-4H,1H3,(H,14,15,16,17);2-4H,9H2,1H3;7-8H,3-6H2,1-2H3;7H,1-6,8H2;;4*1H4. The van der Waals surface area contributed by atoms with E-state index in [1.54, 1.807) is 77.0 Å². The van der Waals surface area contributed by atoms with Gasteiger partial charge in [-0.15, -0.1) is 0 Å². The number of ether oxygens (including phenoxy) is 4. The third-order valence-corrected chi connectivity index (χ3v) is 20.9. The molecule has 8 aromatic rings. The van der Waals surface area contributed by atoms with Gasteiger partial charge in [0, 0.05) is 60.0 Å². The molecule has 3 saturated carbocycles. The number of nitrogens with two attached hydrogens (primary N) is 2. The molecule has 4 aromatic carbocycles. The number of benzene rings is 4. The molecule has 6 heterocycles. The van der Waals surface area contributed by atoms with Crippen LogP contribution in [0.5, 0.6) is 23.0 Å². The lowest BCUT2D eigenvalue weighted by atomic mass is 10.0. The smallest absolute Gasteiger partial charge is 0.233 e. The first-order valence-corrected chi connectivity index (χ1v) is 41.1. The van der Waals surface area contributed by atoms with Gasteiger partial charge in [0.25, 0.3) is 0 Å². The van der Waals surface area contributed by atoms with Crippen LogP contribution in [0.15, 0.2) is 72.8 Å². The summed E-state index contributed by atoms with van der Waals surface area (Å²) < 4.78 is 20.4. The van der Waals surface area contributed by atoms with Gasteiger partial charge in [0.15, 0.2) is 0 Å². The zero-order valence-corrected chi connectivity index (χ0v) is 72.0. The van der Waals surface area contributed by atoms with Gasteiger partial charge in [-0.25, -0.2) is 0 Å². The summed E-state index contributed by atoms with van der Waals surface area (Å²) in [7, 11) is 14.8. The minimum absolute atomic E-state index is 0. The molecule has 0 atom stereocenters. The molecule has 0 radical (unpaired) electrons. The number of likely N-dealkylation sites (tertiary alicyclic amines) is 2. The molecular formula is C79H119Cl10N23O4. The second-order valence-electron chi connectivity index (χ2n) is 27.1. The van der Waals surface area contributed by atoms with Crippen LogP contribution in [-0.4, -0.2) is 183 Å². The molecule has 4 aromatic heterocycles. The Hall–Kier alpha value is -6.54. The normalized spacial score (nSPS) is 15.4. The van der Waals surface area contributed by atoms with Gasteiger partial charge in [-0.2, -0.15) is 59.8 Å². The van der Waals surface area contributed by atoms with E-state index < -0.39 is 0 Å². The lowest BCUT2D eigenvalue weighted by molar-refractivity contribution is 0.240. The Morgan fingerprint density at radius 3 is 1.01 bits per heavy atom. The van der Waals surface area contributed by atoms with Crippen molar-refractivity contribution in [3.8, 4) is 23.0 Å². The molecular weight excluding hydrogens is 1690 g/mol. The highest BCUT2D eigenvalue weighted by Crippen LogP contribution is 2.34. The van der Waals surface area contributed by atoms with E-state index in [4.69, 9.17) is 161 Å². The molecule has 5 fully saturated rings. The number of hydrogen-bond donors (Lipinski definition) is 8. The quantitative estimate of drug-likeness (QED) is 0.0310. The highest BCUT2D eigenvalue weighted by atomic mass is 35.5. The van der Waals surface area contributed by atoms with Crippen LogP contribution in [0.2, 0.25) is 51.8 Å². The molecule has 10 N–H and O–H groups in total. The average molecular weight is 1810 g/mol. The lowest BCUT2D eigenvalue weighted by Crippen LogP contribution is -2.42. The van der Waals surface area contributed by atoms with Crippen LogP contribution in [0.25, 0.3) is 0 Å². The molecule has 0 unspecified atom stereocenters. The fourth-order valence-electron chi connectivity index (χ4n) is 12.5. The fraction of sp³-hybridized carbons (Fsp3) is 0.544. The van der Waals surface area contributed by atoms with Crippen LogP contribution in [0, 0.1) is 0 Å². The minimum atomic E-state index is 0. The number of aromatic nitrogens is 12. The van der Waals surface area contributed by atoms with Gasteiger partial charge in [-0.1, -0.05) is 153 Å². The predicted octanol–water partition coefficient (Wildman–Crippen LogP) is 21.9. The van der Waals surface area contributed by atoms with Crippen LogP contribution in [0.1, 0.15) is 171 Å². The van der Waals surface area contributed by atoms with Crippen LogP contribution < -0.4 is 67.2 Å². The number of nitrogens with zero attached hydrogens (tertiary/aromatic N) is 15. The summed E-state index contributed by atoms with van der Waals surface area (Å²) in [6.45, 7) is 4.68. The van der Waals surface area contributed by atoms with Crippen molar-refractivity contribution in [1.82, 2.24) is 74.9 Å². The molecule has 37 heteroatoms. The topological polar surface area (TPSA) is 326 Å². The van der Waals surface area contributed by atoms with E-state index in [9.17, 15) is 0 Å². The zero-order valence-electron chi connectivity index (χ0n) is 64.5. The van der Waals surface area contributed by atoms with E-state index in [0.29, 0.717) is 108 Å². The maximum Gasteiger partial charge on any atom is 0.233 e. The van der Waals surface area contributed by atoms with Gasteiger partial charge >= 0.3 is 0 Å². The maximum atomic E-state index is 6.32. The summed E-state index contributed by atoms with van der Waals surface area (Å²) in [5.74, 6) is 5.41. The molecule has 5 aliphatic rings. The highest BCUT2D eigenvalue weighted by molar-refractivity contribution is 6.34. The van der Waals surface area contributed by atoms with Crippen molar-refractivity contribution in [2.75, 3.05) is 120 Å². The third-order valence-electron chi connectivity index (χ3n) is 18.7. The number of methoxy groups -OCH3 is 4. The largest absolute Gasteiger partial charge is 0.495 e. The van der Waals surface area contributed by atoms with Gasteiger partial charge < -0.3 is 77.0 Å². The first-order chi connectivity index (χ1) is 53.9. The van der Waals surface area contributed by atoms with Crippen LogP contribution in [0.3, 0.4) is 0 Å². The molecule has 3 aliphatic carbocycles. The molecule has 0 amide bonds. The van der Waals surface area contributed by atoms with Crippen molar-refractivity contribution >= 4 is 174 Å². The van der Waals surface area contributed by atoms with E-state index in [0.717, 1.165) is 69.0 Å². The second kappa shape index (κ2) is 56.1. The van der Waals surface area contributed by atoms with Crippen LogP contribution >= 0.6 is 116 Å². The van der Waals surface area contributed by atoms with E-state index in [2.05, 4.69) is 120 Å². The van der Waals surface area contributed by atoms with E-state index in [1.807, 2.05) is 24.3 Å². The Morgan fingerprint density at radius 1 is 0.362 bits per heavy atom. The van der Waals surface area contributed by atoms with Gasteiger partial charge in [0.2, 0.25) is 67.4 Å². The molecule has 27 nitrogen and oxygen atoms in total. The van der Waals surface area contributed by atoms with Gasteiger partial charge in [-0.05, 0) is 254 Å². The summed E-state index contributed by atoms with van der Waals surface area (Å²) in [6.07, 6.45) is 27.6. The third kappa shape index (κ3) is 38.2. The Labute approximate surface area is 737 Å². The SMILES string of the molecule is C.C.C.C.CNC1CCN(C)CC1.COc1ccc(N)cc1Cl.COc1ccc(Nc2nc(Cl)nc(Cl)n2)cc1Cl.COc1ccc(Nc2nc(Cl)nc(NC3CCCCCC3)n2)cc1Cl.COc1ccc(Nc2nc(NC3CCCCCC3)nc(N(C)C3CCN(C)CC3)n2)cc1Cl.Clc1nc(Cl)nc(Cl)n1.NC1CCCCCC1. The van der Waals surface area contributed by atoms with Crippen LogP contribution in [0.4, 0.5) is 58.4 Å². The molecule has 0 spiro atoms. The predicted molar refractivity (Wildman–Crippen MR) is 487 cm³/mol. The van der Waals surface area contributed by atoms with Crippen molar-refractivity contribution in [2.45, 2.75) is 201 Å². The molecule has 644 valence electrons. The number of hydrogen-bond acceptors (Lipinski definition) is 27. The summed E-state index contributed by atoms with van der Waals surface area (Å²) >= 11 is 57.5. The molecule has 116 heavy (non-hydrogen) atoms. The van der Waals surface area contributed by atoms with E-state index in [-0.39, 0.29) is 67.4 Å².